The molecule has 4 rings (SSSR count). The van der Waals surface area contributed by atoms with Crippen LogP contribution in [0.15, 0.2) is 48.5 Å². The minimum atomic E-state index is -0.957. The van der Waals surface area contributed by atoms with Gasteiger partial charge in [0.1, 0.15) is 6.61 Å². The molecule has 0 aliphatic heterocycles. The van der Waals surface area contributed by atoms with E-state index in [2.05, 4.69) is 34.9 Å². The van der Waals surface area contributed by atoms with Gasteiger partial charge in [0.2, 0.25) is 5.91 Å². The molecule has 2 aliphatic carbocycles. The number of carboxylic acid groups (broad SMARTS) is 1. The van der Waals surface area contributed by atoms with E-state index in [1.165, 1.54) is 11.1 Å². The van der Waals surface area contributed by atoms with Gasteiger partial charge in [0.15, 0.2) is 0 Å². The Balaban J connectivity index is 1.38. The molecule has 2 aromatic rings. The Kier molecular flexibility index (Phi) is 7.73. The maximum Gasteiger partial charge on any atom is 0.407 e. The molecule has 2 aromatic carbocycles. The van der Waals surface area contributed by atoms with Crippen LogP contribution >= 0.6 is 0 Å². The van der Waals surface area contributed by atoms with Gasteiger partial charge in [-0.05, 0) is 54.9 Å². The van der Waals surface area contributed by atoms with Crippen LogP contribution in [0.25, 0.3) is 11.1 Å². The van der Waals surface area contributed by atoms with Crippen LogP contribution in [0.2, 0.25) is 0 Å². The zero-order valence-electron chi connectivity index (χ0n) is 20.3. The Morgan fingerprint density at radius 1 is 0.943 bits per heavy atom. The predicted molar refractivity (Wildman–Crippen MR) is 133 cm³/mol. The third-order valence-corrected chi connectivity index (χ3v) is 7.55. The molecule has 7 nitrogen and oxygen atoms in total. The summed E-state index contributed by atoms with van der Waals surface area (Å²) in [6.07, 6.45) is 3.61. The first-order valence-corrected chi connectivity index (χ1v) is 12.5. The first-order valence-electron chi connectivity index (χ1n) is 12.5. The molecular formula is C28H34N2O5. The summed E-state index contributed by atoms with van der Waals surface area (Å²) in [5, 5.41) is 14.9. The molecule has 0 aromatic heterocycles. The smallest absolute Gasteiger partial charge is 0.407 e. The number of hydrogen-bond acceptors (Lipinski definition) is 4. The number of carbonyl (C=O) groups excluding carboxylic acids is 2. The van der Waals surface area contributed by atoms with Crippen molar-refractivity contribution in [3.8, 4) is 11.1 Å². The van der Waals surface area contributed by atoms with Crippen molar-refractivity contribution in [1.29, 1.82) is 0 Å². The van der Waals surface area contributed by atoms with Gasteiger partial charge in [0, 0.05) is 24.4 Å². The number of amides is 2. The zero-order valence-corrected chi connectivity index (χ0v) is 20.3. The second kappa shape index (κ2) is 10.9. The Hall–Kier alpha value is -3.35. The van der Waals surface area contributed by atoms with Crippen LogP contribution in [-0.4, -0.2) is 41.8 Å². The standard InChI is InChI=1S/C28H34N2O5/c1-17(27(32)33)18(2)29-26(31)15-25(19-9-3-4-10-19)30-28(34)35-16-24-22-13-7-5-11-20(22)21-12-6-8-14-23(21)24/h5-8,11-14,17-19,24-25H,3-4,9-10,15-16H2,1-2H3,(H,29,31)(H,30,34)(H,32,33). The molecule has 0 heterocycles. The first-order chi connectivity index (χ1) is 16.8. The van der Waals surface area contributed by atoms with Gasteiger partial charge in [-0.15, -0.1) is 0 Å². The van der Waals surface area contributed by atoms with Crippen molar-refractivity contribution in [2.75, 3.05) is 6.61 Å². The van der Waals surface area contributed by atoms with E-state index in [0.29, 0.717) is 0 Å². The molecule has 1 fully saturated rings. The molecule has 3 unspecified atom stereocenters. The van der Waals surface area contributed by atoms with Gasteiger partial charge in [0.05, 0.1) is 5.92 Å². The monoisotopic (exact) mass is 478 g/mol. The average molecular weight is 479 g/mol. The molecule has 186 valence electrons. The number of fused-ring (bicyclic) bond motifs is 3. The number of alkyl carbamates (subject to hydrolysis) is 1. The van der Waals surface area contributed by atoms with Crippen LogP contribution in [0.1, 0.15) is 63.0 Å². The van der Waals surface area contributed by atoms with E-state index in [4.69, 9.17) is 4.74 Å². The lowest BCUT2D eigenvalue weighted by Gasteiger charge is -2.26. The minimum absolute atomic E-state index is 0.0280. The van der Waals surface area contributed by atoms with E-state index in [1.807, 2.05) is 24.3 Å². The van der Waals surface area contributed by atoms with Gasteiger partial charge in [-0.25, -0.2) is 4.79 Å². The molecule has 2 amide bonds. The summed E-state index contributed by atoms with van der Waals surface area (Å²) in [6, 6.07) is 15.5. The van der Waals surface area contributed by atoms with Crippen LogP contribution < -0.4 is 10.6 Å². The number of benzene rings is 2. The van der Waals surface area contributed by atoms with Crippen LogP contribution in [0.5, 0.6) is 0 Å². The Morgan fingerprint density at radius 3 is 2.09 bits per heavy atom. The van der Waals surface area contributed by atoms with E-state index >= 15 is 0 Å². The van der Waals surface area contributed by atoms with Crippen molar-refractivity contribution in [3.63, 3.8) is 0 Å². The van der Waals surface area contributed by atoms with Crippen molar-refractivity contribution in [2.24, 2.45) is 11.8 Å². The molecule has 2 aliphatic rings. The fraction of sp³-hybridized carbons (Fsp3) is 0.464. The lowest BCUT2D eigenvalue weighted by atomic mass is 9.94. The molecule has 0 saturated heterocycles. The highest BCUT2D eigenvalue weighted by molar-refractivity contribution is 5.80. The van der Waals surface area contributed by atoms with Gasteiger partial charge in [0.25, 0.3) is 0 Å². The van der Waals surface area contributed by atoms with Gasteiger partial charge in [-0.3, -0.25) is 9.59 Å². The summed E-state index contributed by atoms with van der Waals surface area (Å²) in [6.45, 7) is 3.47. The molecular weight excluding hydrogens is 444 g/mol. The molecule has 7 heteroatoms. The molecule has 1 saturated carbocycles. The fourth-order valence-electron chi connectivity index (χ4n) is 5.34. The minimum Gasteiger partial charge on any atom is -0.481 e. The number of hydrogen-bond donors (Lipinski definition) is 3. The average Bonchev–Trinajstić information content (AvgIpc) is 3.48. The largest absolute Gasteiger partial charge is 0.481 e. The summed E-state index contributed by atoms with van der Waals surface area (Å²) in [4.78, 5) is 36.7. The fourth-order valence-corrected chi connectivity index (χ4v) is 5.34. The number of aliphatic carboxylic acids is 1. The van der Waals surface area contributed by atoms with Gasteiger partial charge in [-0.2, -0.15) is 0 Å². The number of rotatable bonds is 9. The van der Waals surface area contributed by atoms with E-state index in [1.54, 1.807) is 13.8 Å². The van der Waals surface area contributed by atoms with Gasteiger partial charge in [-0.1, -0.05) is 61.4 Å². The maximum atomic E-state index is 12.8. The van der Waals surface area contributed by atoms with E-state index in [-0.39, 0.29) is 36.8 Å². The SMILES string of the molecule is CC(NC(=O)CC(NC(=O)OCC1c2ccccc2-c2ccccc21)C1CCCC1)C(C)C(=O)O. The summed E-state index contributed by atoms with van der Waals surface area (Å²) in [5.74, 6) is -1.74. The topological polar surface area (TPSA) is 105 Å². The zero-order chi connectivity index (χ0) is 24.9. The first kappa shape index (κ1) is 24.8. The van der Waals surface area contributed by atoms with Crippen LogP contribution in [-0.2, 0) is 14.3 Å². The quantitative estimate of drug-likeness (QED) is 0.485. The molecule has 3 N–H and O–H groups in total. The van der Waals surface area contributed by atoms with Crippen LogP contribution in [0, 0.1) is 11.8 Å². The maximum absolute atomic E-state index is 12.8. The lowest BCUT2D eigenvalue weighted by Crippen LogP contribution is -2.46. The summed E-state index contributed by atoms with van der Waals surface area (Å²) >= 11 is 0. The Morgan fingerprint density at radius 2 is 1.51 bits per heavy atom. The van der Waals surface area contributed by atoms with Crippen LogP contribution in [0.3, 0.4) is 0 Å². The molecule has 0 bridgehead atoms. The Bertz CT molecular complexity index is 1030. The predicted octanol–water partition coefficient (Wildman–Crippen LogP) is 4.70. The highest BCUT2D eigenvalue weighted by atomic mass is 16.5. The van der Waals surface area contributed by atoms with E-state index in [0.717, 1.165) is 36.8 Å². The highest BCUT2D eigenvalue weighted by Crippen LogP contribution is 2.44. The van der Waals surface area contributed by atoms with Crippen molar-refractivity contribution in [3.05, 3.63) is 59.7 Å². The third kappa shape index (κ3) is 5.66. The summed E-state index contributed by atoms with van der Waals surface area (Å²) in [7, 11) is 0. The third-order valence-electron chi connectivity index (χ3n) is 7.55. The van der Waals surface area contributed by atoms with Crippen molar-refractivity contribution in [2.45, 2.75) is 64.0 Å². The molecule has 0 spiro atoms. The lowest BCUT2D eigenvalue weighted by molar-refractivity contribution is -0.142. The number of nitrogens with one attached hydrogen (secondary N) is 2. The molecule has 0 radical (unpaired) electrons. The van der Waals surface area contributed by atoms with Crippen molar-refractivity contribution >= 4 is 18.0 Å². The Labute approximate surface area is 206 Å². The molecule has 35 heavy (non-hydrogen) atoms. The van der Waals surface area contributed by atoms with E-state index in [9.17, 15) is 19.5 Å². The van der Waals surface area contributed by atoms with E-state index < -0.39 is 24.0 Å². The second-order valence-electron chi connectivity index (χ2n) is 9.81. The van der Waals surface area contributed by atoms with Crippen molar-refractivity contribution < 1.29 is 24.2 Å². The number of carbonyl (C=O) groups is 3. The van der Waals surface area contributed by atoms with Gasteiger partial charge < -0.3 is 20.5 Å². The van der Waals surface area contributed by atoms with Gasteiger partial charge >= 0.3 is 12.1 Å². The normalized spacial score (nSPS) is 17.7. The molecule has 3 atom stereocenters. The summed E-state index contributed by atoms with van der Waals surface area (Å²) in [5.41, 5.74) is 4.63. The number of ether oxygens (including phenoxy) is 1. The highest BCUT2D eigenvalue weighted by Gasteiger charge is 2.32. The van der Waals surface area contributed by atoms with Crippen LogP contribution in [0.4, 0.5) is 4.79 Å². The second-order valence-corrected chi connectivity index (χ2v) is 9.81. The summed E-state index contributed by atoms with van der Waals surface area (Å²) < 4.78 is 5.70. The number of carboxylic acids is 1. The van der Waals surface area contributed by atoms with Crippen molar-refractivity contribution in [1.82, 2.24) is 10.6 Å².